The molecule has 4 N–H and O–H groups in total. The molecular formula is C20H31Cl2N3O3. The van der Waals surface area contributed by atoms with Crippen LogP contribution in [0.15, 0.2) is 30.5 Å². The minimum atomic E-state index is -0.757. The number of halogens is 2. The molecule has 1 aliphatic heterocycles. The molecule has 0 amide bonds. The first-order chi connectivity index (χ1) is 12.1. The summed E-state index contributed by atoms with van der Waals surface area (Å²) in [4.78, 5) is 15.4. The number of aryl methyl sites for hydroxylation is 3. The number of rotatable bonds is 7. The van der Waals surface area contributed by atoms with E-state index in [-0.39, 0.29) is 36.7 Å². The number of carboxylic acid groups (broad SMARTS) is 1. The van der Waals surface area contributed by atoms with Crippen molar-refractivity contribution in [3.05, 3.63) is 41.9 Å². The van der Waals surface area contributed by atoms with Crippen LogP contribution in [0.3, 0.4) is 0 Å². The first-order valence-corrected chi connectivity index (χ1v) is 9.17. The van der Waals surface area contributed by atoms with Crippen molar-refractivity contribution in [2.24, 2.45) is 5.92 Å². The van der Waals surface area contributed by atoms with Crippen LogP contribution in [-0.2, 0) is 17.8 Å². The van der Waals surface area contributed by atoms with Gasteiger partial charge in [0.2, 0.25) is 0 Å². The topological polar surface area (TPSA) is 98.6 Å². The van der Waals surface area contributed by atoms with Crippen molar-refractivity contribution in [1.82, 2.24) is 14.9 Å². The second kappa shape index (κ2) is 12.8. The van der Waals surface area contributed by atoms with Gasteiger partial charge >= 0.3 is 5.97 Å². The van der Waals surface area contributed by atoms with Crippen molar-refractivity contribution < 1.29 is 15.4 Å². The lowest BCUT2D eigenvalue weighted by Crippen LogP contribution is -2.28. The Bertz CT molecular complexity index is 714. The molecule has 2 heterocycles. The number of hydrogen-bond donors (Lipinski definition) is 2. The molecule has 0 radical (unpaired) electrons. The van der Waals surface area contributed by atoms with Crippen molar-refractivity contribution >= 4 is 30.8 Å². The van der Waals surface area contributed by atoms with E-state index in [2.05, 4.69) is 23.0 Å². The molecule has 0 aliphatic carbocycles. The average molecular weight is 432 g/mol. The van der Waals surface area contributed by atoms with Gasteiger partial charge in [0.25, 0.3) is 0 Å². The summed E-state index contributed by atoms with van der Waals surface area (Å²) < 4.78 is 2.26. The number of nitrogens with one attached hydrogen (secondary N) is 1. The first kappa shape index (κ1) is 26.4. The fraction of sp³-hybridized carbons (Fsp3) is 0.500. The summed E-state index contributed by atoms with van der Waals surface area (Å²) in [5.74, 6) is 1.12. The molecule has 8 heteroatoms. The molecular weight excluding hydrogens is 401 g/mol. The summed E-state index contributed by atoms with van der Waals surface area (Å²) >= 11 is 0. The van der Waals surface area contributed by atoms with Crippen LogP contribution in [0.25, 0.3) is 11.3 Å². The van der Waals surface area contributed by atoms with Gasteiger partial charge in [-0.3, -0.25) is 4.79 Å². The summed E-state index contributed by atoms with van der Waals surface area (Å²) in [6.07, 6.45) is 6.65. The molecule has 2 aromatic rings. The van der Waals surface area contributed by atoms with E-state index in [1.54, 1.807) is 0 Å². The number of hydrogen-bond acceptors (Lipinski definition) is 3. The molecule has 158 valence electrons. The van der Waals surface area contributed by atoms with Crippen LogP contribution in [-0.4, -0.2) is 39.2 Å². The predicted octanol–water partition coefficient (Wildman–Crippen LogP) is 3.28. The molecule has 1 fully saturated rings. The van der Waals surface area contributed by atoms with E-state index >= 15 is 0 Å². The third-order valence-corrected chi connectivity index (χ3v) is 5.09. The fourth-order valence-electron chi connectivity index (χ4n) is 3.46. The minimum Gasteiger partial charge on any atom is -0.481 e. The summed E-state index contributed by atoms with van der Waals surface area (Å²) in [5, 5.41) is 12.2. The lowest BCUT2D eigenvalue weighted by molar-refractivity contribution is -0.136. The van der Waals surface area contributed by atoms with Gasteiger partial charge in [-0.05, 0) is 57.2 Å². The van der Waals surface area contributed by atoms with Crippen molar-refractivity contribution in [1.29, 1.82) is 0 Å². The van der Waals surface area contributed by atoms with Gasteiger partial charge in [0.15, 0.2) is 0 Å². The third-order valence-electron chi connectivity index (χ3n) is 5.09. The highest BCUT2D eigenvalue weighted by atomic mass is 35.5. The summed E-state index contributed by atoms with van der Waals surface area (Å²) in [7, 11) is 0. The van der Waals surface area contributed by atoms with Gasteiger partial charge in [-0.15, -0.1) is 24.8 Å². The number of aromatic nitrogens is 2. The Hall–Kier alpha value is -1.60. The molecule has 1 saturated heterocycles. The Morgan fingerprint density at radius 2 is 1.86 bits per heavy atom. The van der Waals surface area contributed by atoms with Crippen LogP contribution in [0.4, 0.5) is 0 Å². The Labute approximate surface area is 178 Å². The maximum Gasteiger partial charge on any atom is 0.303 e. The maximum absolute atomic E-state index is 10.7. The predicted molar refractivity (Wildman–Crippen MR) is 117 cm³/mol. The number of carbonyl (C=O) groups is 1. The second-order valence-electron chi connectivity index (χ2n) is 6.94. The van der Waals surface area contributed by atoms with Gasteiger partial charge < -0.3 is 20.5 Å². The van der Waals surface area contributed by atoms with E-state index in [1.165, 1.54) is 19.3 Å². The SMILES string of the molecule is Cc1nc(-c2ccc(CCC(=O)O)cc2)cn1CCC1CCNCC1.Cl.Cl.O. The monoisotopic (exact) mass is 431 g/mol. The smallest absolute Gasteiger partial charge is 0.303 e. The molecule has 0 saturated carbocycles. The van der Waals surface area contributed by atoms with Crippen LogP contribution in [0, 0.1) is 12.8 Å². The Kier molecular flexibility index (Phi) is 12.0. The minimum absolute atomic E-state index is 0. The van der Waals surface area contributed by atoms with Crippen LogP contribution >= 0.6 is 24.8 Å². The molecule has 0 spiro atoms. The van der Waals surface area contributed by atoms with Crippen LogP contribution in [0.2, 0.25) is 0 Å². The maximum atomic E-state index is 10.7. The molecule has 0 unspecified atom stereocenters. The van der Waals surface area contributed by atoms with E-state index in [4.69, 9.17) is 10.1 Å². The normalized spacial score (nSPS) is 13.8. The van der Waals surface area contributed by atoms with Gasteiger partial charge in [-0.2, -0.15) is 0 Å². The largest absolute Gasteiger partial charge is 0.481 e. The van der Waals surface area contributed by atoms with Crippen LogP contribution in [0.1, 0.15) is 37.1 Å². The van der Waals surface area contributed by atoms with Crippen molar-refractivity contribution in [2.75, 3.05) is 13.1 Å². The van der Waals surface area contributed by atoms with Gasteiger partial charge in [0.05, 0.1) is 5.69 Å². The second-order valence-corrected chi connectivity index (χ2v) is 6.94. The zero-order chi connectivity index (χ0) is 17.6. The van der Waals surface area contributed by atoms with Gasteiger partial charge in [0, 0.05) is 24.7 Å². The van der Waals surface area contributed by atoms with Crippen molar-refractivity contribution in [3.8, 4) is 11.3 Å². The van der Waals surface area contributed by atoms with E-state index in [9.17, 15) is 4.79 Å². The molecule has 1 aromatic heterocycles. The summed E-state index contributed by atoms with van der Waals surface area (Å²) in [6.45, 7) is 5.38. The highest BCUT2D eigenvalue weighted by Gasteiger charge is 2.14. The van der Waals surface area contributed by atoms with Crippen molar-refractivity contribution in [3.63, 3.8) is 0 Å². The zero-order valence-corrected chi connectivity index (χ0v) is 17.8. The van der Waals surface area contributed by atoms with Crippen molar-refractivity contribution in [2.45, 2.75) is 45.6 Å². The Morgan fingerprint density at radius 3 is 2.46 bits per heavy atom. The third kappa shape index (κ3) is 7.43. The van der Waals surface area contributed by atoms with Crippen LogP contribution < -0.4 is 5.32 Å². The van der Waals surface area contributed by atoms with E-state index in [0.29, 0.717) is 6.42 Å². The summed E-state index contributed by atoms with van der Waals surface area (Å²) in [5.41, 5.74) is 3.13. The highest BCUT2D eigenvalue weighted by molar-refractivity contribution is 5.85. The standard InChI is InChI=1S/C20H27N3O2.2ClH.H2O/c1-15-22-19(14-23(15)13-10-17-8-11-21-12-9-17)18-5-2-16(3-6-18)4-7-20(24)25;;;/h2-3,5-6,14,17,21H,4,7-13H2,1H3,(H,24,25);2*1H;1H2. The number of benzene rings is 1. The number of piperidine rings is 1. The lowest BCUT2D eigenvalue weighted by Gasteiger charge is -2.22. The highest BCUT2D eigenvalue weighted by Crippen LogP contribution is 2.22. The molecule has 1 aromatic carbocycles. The van der Waals surface area contributed by atoms with Gasteiger partial charge in [-0.1, -0.05) is 24.3 Å². The molecule has 1 aliphatic rings. The molecule has 6 nitrogen and oxygen atoms in total. The number of carboxylic acids is 1. The molecule has 3 rings (SSSR count). The quantitative estimate of drug-likeness (QED) is 0.702. The van der Waals surface area contributed by atoms with Crippen LogP contribution in [0.5, 0.6) is 0 Å². The van der Waals surface area contributed by atoms with E-state index in [1.807, 2.05) is 24.3 Å². The molecule has 28 heavy (non-hydrogen) atoms. The zero-order valence-electron chi connectivity index (χ0n) is 16.2. The Balaban J connectivity index is 0.00000243. The number of nitrogens with zero attached hydrogens (tertiary/aromatic N) is 2. The average Bonchev–Trinajstić information content (AvgIpc) is 3.00. The number of imidazole rings is 1. The van der Waals surface area contributed by atoms with Gasteiger partial charge in [-0.25, -0.2) is 4.98 Å². The molecule has 0 atom stereocenters. The molecule has 0 bridgehead atoms. The number of aliphatic carboxylic acids is 1. The van der Waals surface area contributed by atoms with E-state index < -0.39 is 5.97 Å². The van der Waals surface area contributed by atoms with Gasteiger partial charge in [0.1, 0.15) is 5.82 Å². The van der Waals surface area contributed by atoms with E-state index in [0.717, 1.165) is 48.2 Å². The summed E-state index contributed by atoms with van der Waals surface area (Å²) in [6, 6.07) is 8.08. The fourth-order valence-corrected chi connectivity index (χ4v) is 3.46. The first-order valence-electron chi connectivity index (χ1n) is 9.17. The lowest BCUT2D eigenvalue weighted by atomic mass is 9.95. The Morgan fingerprint density at radius 1 is 1.21 bits per heavy atom.